The number of nitrogens with zero attached hydrogens (tertiary/aromatic N) is 3. The number of hydrogen-bond donors (Lipinski definition) is 0. The molecule has 0 saturated heterocycles. The van der Waals surface area contributed by atoms with Crippen molar-refractivity contribution in [3.8, 4) is 10.7 Å². The molecule has 0 aliphatic rings. The highest BCUT2D eigenvalue weighted by Crippen LogP contribution is 2.35. The van der Waals surface area contributed by atoms with Gasteiger partial charge in [0.15, 0.2) is 0 Å². The molecule has 0 aliphatic heterocycles. The van der Waals surface area contributed by atoms with E-state index in [1.165, 1.54) is 0 Å². The van der Waals surface area contributed by atoms with Gasteiger partial charge in [0.25, 0.3) is 0 Å². The minimum atomic E-state index is 0.746. The highest BCUT2D eigenvalue weighted by Gasteiger charge is 2.10. The molecular formula is C11H8ClN3S. The smallest absolute Gasteiger partial charge is 0.149 e. The van der Waals surface area contributed by atoms with Gasteiger partial charge in [-0.25, -0.2) is 4.98 Å². The third-order valence-corrected chi connectivity index (χ3v) is 3.99. The number of pyridine rings is 1. The van der Waals surface area contributed by atoms with Gasteiger partial charge in [0.1, 0.15) is 5.82 Å². The molecule has 5 heteroatoms. The summed E-state index contributed by atoms with van der Waals surface area (Å²) in [6.45, 7) is 0. The molecule has 0 radical (unpaired) electrons. The molecule has 0 aliphatic carbocycles. The number of rotatable bonds is 1. The predicted octanol–water partition coefficient (Wildman–Crippen LogP) is 3.35. The summed E-state index contributed by atoms with van der Waals surface area (Å²) >= 11 is 7.73. The second-order valence-corrected chi connectivity index (χ2v) is 4.94. The zero-order chi connectivity index (χ0) is 11.1. The Kier molecular flexibility index (Phi) is 2.19. The lowest BCUT2D eigenvalue weighted by molar-refractivity contribution is 0.928. The van der Waals surface area contributed by atoms with Gasteiger partial charge in [0, 0.05) is 25.6 Å². The van der Waals surface area contributed by atoms with Crippen LogP contribution in [-0.2, 0) is 7.05 Å². The van der Waals surface area contributed by atoms with Crippen molar-refractivity contribution in [2.45, 2.75) is 0 Å². The molecule has 0 N–H and O–H groups in total. The van der Waals surface area contributed by atoms with Gasteiger partial charge in [0.05, 0.1) is 20.1 Å². The molecule has 0 bridgehead atoms. The normalized spacial score (nSPS) is 11.1. The van der Waals surface area contributed by atoms with Crippen LogP contribution in [0.3, 0.4) is 0 Å². The van der Waals surface area contributed by atoms with Gasteiger partial charge in [0.2, 0.25) is 0 Å². The van der Waals surface area contributed by atoms with Gasteiger partial charge in [-0.15, -0.1) is 11.3 Å². The van der Waals surface area contributed by atoms with Crippen molar-refractivity contribution in [2.75, 3.05) is 0 Å². The molecule has 3 aromatic rings. The van der Waals surface area contributed by atoms with E-state index in [-0.39, 0.29) is 0 Å². The first-order valence-corrected chi connectivity index (χ1v) is 5.97. The molecule has 0 fully saturated rings. The van der Waals surface area contributed by atoms with E-state index in [2.05, 4.69) is 9.97 Å². The van der Waals surface area contributed by atoms with Crippen LogP contribution >= 0.6 is 22.9 Å². The van der Waals surface area contributed by atoms with Gasteiger partial charge >= 0.3 is 0 Å². The Hall–Kier alpha value is -1.39. The fourth-order valence-corrected chi connectivity index (χ4v) is 2.95. The van der Waals surface area contributed by atoms with Gasteiger partial charge < -0.3 is 4.57 Å². The number of aromatic nitrogens is 3. The second-order valence-electron chi connectivity index (χ2n) is 3.48. The molecular weight excluding hydrogens is 242 g/mol. The molecule has 0 saturated carbocycles. The first-order valence-electron chi connectivity index (χ1n) is 4.77. The molecule has 80 valence electrons. The van der Waals surface area contributed by atoms with Crippen LogP contribution in [0.5, 0.6) is 0 Å². The van der Waals surface area contributed by atoms with Gasteiger partial charge in [-0.2, -0.15) is 0 Å². The highest BCUT2D eigenvalue weighted by molar-refractivity contribution is 7.22. The van der Waals surface area contributed by atoms with E-state index >= 15 is 0 Å². The topological polar surface area (TPSA) is 30.7 Å². The summed E-state index contributed by atoms with van der Waals surface area (Å²) in [6, 6.07) is 3.83. The van der Waals surface area contributed by atoms with E-state index in [0.29, 0.717) is 0 Å². The zero-order valence-electron chi connectivity index (χ0n) is 8.51. The molecule has 0 unspecified atom stereocenters. The van der Waals surface area contributed by atoms with E-state index in [9.17, 15) is 0 Å². The average molecular weight is 250 g/mol. The first kappa shape index (κ1) is 9.81. The minimum Gasteiger partial charge on any atom is -0.333 e. The quantitative estimate of drug-likeness (QED) is 0.662. The van der Waals surface area contributed by atoms with Gasteiger partial charge in [-0.3, -0.25) is 4.98 Å². The van der Waals surface area contributed by atoms with Crippen LogP contribution in [0.4, 0.5) is 0 Å². The summed E-state index contributed by atoms with van der Waals surface area (Å²) in [6.07, 6.45) is 5.43. The van der Waals surface area contributed by atoms with E-state index in [4.69, 9.17) is 11.6 Å². The zero-order valence-corrected chi connectivity index (χ0v) is 10.1. The lowest BCUT2D eigenvalue weighted by Gasteiger charge is -1.95. The Morgan fingerprint density at radius 3 is 2.88 bits per heavy atom. The van der Waals surface area contributed by atoms with Gasteiger partial charge in [-0.05, 0) is 12.1 Å². The molecule has 3 nitrogen and oxygen atoms in total. The number of imidazole rings is 1. The summed E-state index contributed by atoms with van der Waals surface area (Å²) in [5.41, 5.74) is 0.926. The molecule has 3 aromatic heterocycles. The molecule has 0 amide bonds. The molecule has 3 heterocycles. The fourth-order valence-electron chi connectivity index (χ4n) is 1.62. The average Bonchev–Trinajstić information content (AvgIpc) is 2.84. The van der Waals surface area contributed by atoms with E-state index in [1.807, 2.05) is 29.9 Å². The lowest BCUT2D eigenvalue weighted by atomic mass is 10.3. The van der Waals surface area contributed by atoms with Crippen molar-refractivity contribution in [3.05, 3.63) is 35.7 Å². The van der Waals surface area contributed by atoms with Crippen LogP contribution in [0.25, 0.3) is 20.9 Å². The van der Waals surface area contributed by atoms with Crippen LogP contribution < -0.4 is 0 Å². The van der Waals surface area contributed by atoms with E-state index < -0.39 is 0 Å². The van der Waals surface area contributed by atoms with Crippen molar-refractivity contribution < 1.29 is 0 Å². The number of aryl methyl sites for hydroxylation is 1. The standard InChI is InChI=1S/C11H8ClN3S/c1-15-5-4-14-11(15)9-6-8-10(16-9)7(12)2-3-13-8/h2-6H,1H3. The summed E-state index contributed by atoms with van der Waals surface area (Å²) in [4.78, 5) is 9.69. The van der Waals surface area contributed by atoms with E-state index in [0.717, 1.165) is 25.9 Å². The summed E-state index contributed by atoms with van der Waals surface area (Å²) in [5.74, 6) is 0.944. The molecule has 0 spiro atoms. The Morgan fingerprint density at radius 2 is 2.19 bits per heavy atom. The Labute approximate surface area is 101 Å². The predicted molar refractivity (Wildman–Crippen MR) is 66.8 cm³/mol. The maximum absolute atomic E-state index is 6.11. The van der Waals surface area contributed by atoms with Crippen LogP contribution in [0, 0.1) is 0 Å². The SMILES string of the molecule is Cn1ccnc1-c1cc2nccc(Cl)c2s1. The van der Waals surface area contributed by atoms with Crippen LogP contribution in [-0.4, -0.2) is 14.5 Å². The van der Waals surface area contributed by atoms with Gasteiger partial charge in [-0.1, -0.05) is 11.6 Å². The van der Waals surface area contributed by atoms with Crippen molar-refractivity contribution in [1.29, 1.82) is 0 Å². The lowest BCUT2D eigenvalue weighted by Crippen LogP contribution is -1.87. The van der Waals surface area contributed by atoms with Crippen molar-refractivity contribution >= 4 is 33.2 Å². The third-order valence-electron chi connectivity index (χ3n) is 2.41. The summed E-state index contributed by atoms with van der Waals surface area (Å²) < 4.78 is 3.00. The number of fused-ring (bicyclic) bond motifs is 1. The Morgan fingerprint density at radius 1 is 1.31 bits per heavy atom. The third kappa shape index (κ3) is 1.42. The second kappa shape index (κ2) is 3.57. The van der Waals surface area contributed by atoms with E-state index in [1.54, 1.807) is 23.7 Å². The molecule has 0 atom stereocenters. The molecule has 0 aromatic carbocycles. The van der Waals surface area contributed by atoms with Crippen LogP contribution in [0.15, 0.2) is 30.7 Å². The largest absolute Gasteiger partial charge is 0.333 e. The van der Waals surface area contributed by atoms with Crippen LogP contribution in [0.1, 0.15) is 0 Å². The number of halogens is 1. The first-order chi connectivity index (χ1) is 7.75. The maximum Gasteiger partial charge on any atom is 0.149 e. The Balaban J connectivity index is 2.27. The minimum absolute atomic E-state index is 0.746. The fraction of sp³-hybridized carbons (Fsp3) is 0.0909. The summed E-state index contributed by atoms with van der Waals surface area (Å²) in [5, 5.41) is 0.746. The van der Waals surface area contributed by atoms with Crippen molar-refractivity contribution in [1.82, 2.24) is 14.5 Å². The van der Waals surface area contributed by atoms with Crippen LogP contribution in [0.2, 0.25) is 5.02 Å². The molecule has 16 heavy (non-hydrogen) atoms. The van der Waals surface area contributed by atoms with Crippen molar-refractivity contribution in [3.63, 3.8) is 0 Å². The number of thiophene rings is 1. The molecule has 3 rings (SSSR count). The Bertz CT molecular complexity index is 656. The summed E-state index contributed by atoms with van der Waals surface area (Å²) in [7, 11) is 1.97. The maximum atomic E-state index is 6.11. The number of hydrogen-bond acceptors (Lipinski definition) is 3. The monoisotopic (exact) mass is 249 g/mol. The highest BCUT2D eigenvalue weighted by atomic mass is 35.5. The van der Waals surface area contributed by atoms with Crippen molar-refractivity contribution in [2.24, 2.45) is 7.05 Å².